The zero-order valence-electron chi connectivity index (χ0n) is 9.81. The van der Waals surface area contributed by atoms with E-state index >= 15 is 0 Å². The first kappa shape index (κ1) is 13.2. The average molecular weight is 289 g/mol. The number of rotatable bonds is 7. The van der Waals surface area contributed by atoms with Gasteiger partial charge in [0.25, 0.3) is 0 Å². The Kier molecular flexibility index (Phi) is 6.58. The highest BCUT2D eigenvalue weighted by molar-refractivity contribution is 9.08. The molecule has 0 N–H and O–H groups in total. The minimum atomic E-state index is 1.03. The molecule has 1 aromatic rings. The number of hydrogen-bond acceptors (Lipinski definition) is 1. The van der Waals surface area contributed by atoms with Gasteiger partial charge < -0.3 is 0 Å². The van der Waals surface area contributed by atoms with Gasteiger partial charge in [0, 0.05) is 10.2 Å². The van der Waals surface area contributed by atoms with Gasteiger partial charge in [-0.25, -0.2) is 0 Å². The van der Waals surface area contributed by atoms with Gasteiger partial charge in [-0.1, -0.05) is 42.6 Å². The van der Waals surface area contributed by atoms with Crippen LogP contribution in [0.1, 0.15) is 55.5 Å². The van der Waals surface area contributed by atoms with Gasteiger partial charge in [0.1, 0.15) is 0 Å². The first-order chi connectivity index (χ1) is 7.33. The van der Waals surface area contributed by atoms with E-state index in [1.54, 1.807) is 16.0 Å². The molecule has 1 rings (SSSR count). The van der Waals surface area contributed by atoms with Crippen molar-refractivity contribution in [2.24, 2.45) is 0 Å². The second kappa shape index (κ2) is 7.45. The van der Waals surface area contributed by atoms with Gasteiger partial charge in [0.2, 0.25) is 0 Å². The first-order valence-corrected chi connectivity index (χ1v) is 7.97. The Labute approximate surface area is 106 Å². The maximum atomic E-state index is 3.59. The summed E-state index contributed by atoms with van der Waals surface area (Å²) in [5.74, 6) is 0. The molecule has 15 heavy (non-hydrogen) atoms. The van der Waals surface area contributed by atoms with Crippen molar-refractivity contribution in [1.29, 1.82) is 0 Å². The maximum absolute atomic E-state index is 3.59. The molecule has 0 aliphatic heterocycles. The van der Waals surface area contributed by atoms with Gasteiger partial charge in [-0.3, -0.25) is 0 Å². The summed E-state index contributed by atoms with van der Waals surface area (Å²) < 4.78 is 0. The van der Waals surface area contributed by atoms with Crippen LogP contribution in [0.3, 0.4) is 0 Å². The summed E-state index contributed by atoms with van der Waals surface area (Å²) in [4.78, 5) is 1.55. The number of thiophene rings is 1. The number of aryl methyl sites for hydroxylation is 1. The third-order valence-corrected chi connectivity index (χ3v) is 4.78. The van der Waals surface area contributed by atoms with E-state index in [-0.39, 0.29) is 0 Å². The molecule has 0 fully saturated rings. The van der Waals surface area contributed by atoms with E-state index < -0.39 is 0 Å². The molecular weight excluding hydrogens is 268 g/mol. The quantitative estimate of drug-likeness (QED) is 0.595. The predicted octanol–water partition coefficient (Wildman–Crippen LogP) is 5.33. The van der Waals surface area contributed by atoms with Gasteiger partial charge in [0.15, 0.2) is 0 Å². The molecule has 0 saturated heterocycles. The van der Waals surface area contributed by atoms with Crippen molar-refractivity contribution in [3.63, 3.8) is 0 Å². The lowest BCUT2D eigenvalue weighted by atomic mass is 10.0. The van der Waals surface area contributed by atoms with Crippen LogP contribution < -0.4 is 0 Å². The summed E-state index contributed by atoms with van der Waals surface area (Å²) >= 11 is 5.52. The van der Waals surface area contributed by atoms with E-state index in [9.17, 15) is 0 Å². The predicted molar refractivity (Wildman–Crippen MR) is 74.2 cm³/mol. The van der Waals surface area contributed by atoms with E-state index in [4.69, 9.17) is 0 Å². The molecule has 0 amide bonds. The molecule has 0 spiro atoms. The van der Waals surface area contributed by atoms with Crippen LogP contribution in [0.2, 0.25) is 0 Å². The minimum absolute atomic E-state index is 1.03. The van der Waals surface area contributed by atoms with Crippen molar-refractivity contribution in [2.45, 2.75) is 57.7 Å². The fourth-order valence-corrected chi connectivity index (χ4v) is 3.52. The Morgan fingerprint density at radius 2 is 1.80 bits per heavy atom. The van der Waals surface area contributed by atoms with Crippen molar-refractivity contribution in [3.05, 3.63) is 21.4 Å². The fraction of sp³-hybridized carbons (Fsp3) is 0.692. The largest absolute Gasteiger partial charge is 0.147 e. The molecule has 0 nitrogen and oxygen atoms in total. The van der Waals surface area contributed by atoms with Crippen LogP contribution in [0.5, 0.6) is 0 Å². The van der Waals surface area contributed by atoms with Crippen LogP contribution in [0.15, 0.2) is 5.38 Å². The third-order valence-electron chi connectivity index (χ3n) is 2.77. The molecule has 0 aromatic carbocycles. The zero-order chi connectivity index (χ0) is 11.1. The summed E-state index contributed by atoms with van der Waals surface area (Å²) in [6.07, 6.45) is 7.81. The van der Waals surface area contributed by atoms with Gasteiger partial charge in [-0.05, 0) is 42.2 Å². The molecule has 0 bridgehead atoms. The van der Waals surface area contributed by atoms with Crippen LogP contribution in [-0.2, 0) is 18.2 Å². The zero-order valence-corrected chi connectivity index (χ0v) is 12.2. The van der Waals surface area contributed by atoms with Crippen molar-refractivity contribution in [1.82, 2.24) is 0 Å². The Bertz CT molecular complexity index is 278. The average Bonchev–Trinajstić information content (AvgIpc) is 2.65. The van der Waals surface area contributed by atoms with Crippen molar-refractivity contribution in [3.8, 4) is 0 Å². The highest BCUT2D eigenvalue weighted by atomic mass is 79.9. The lowest BCUT2D eigenvalue weighted by Crippen LogP contribution is -1.93. The van der Waals surface area contributed by atoms with Crippen LogP contribution >= 0.6 is 27.3 Å². The number of halogens is 1. The van der Waals surface area contributed by atoms with Gasteiger partial charge >= 0.3 is 0 Å². The lowest BCUT2D eigenvalue weighted by molar-refractivity contribution is 0.759. The number of alkyl halides is 1. The molecule has 2 heteroatoms. The Morgan fingerprint density at radius 1 is 1.13 bits per heavy atom. The Balaban J connectivity index is 2.70. The summed E-state index contributed by atoms with van der Waals surface area (Å²) in [5, 5.41) is 3.40. The van der Waals surface area contributed by atoms with Crippen molar-refractivity contribution >= 4 is 27.3 Å². The van der Waals surface area contributed by atoms with E-state index in [0.29, 0.717) is 0 Å². The van der Waals surface area contributed by atoms with E-state index in [0.717, 1.165) is 5.33 Å². The fourth-order valence-electron chi connectivity index (χ4n) is 1.81. The first-order valence-electron chi connectivity index (χ1n) is 5.97. The van der Waals surface area contributed by atoms with Crippen LogP contribution in [-0.4, -0.2) is 0 Å². The third kappa shape index (κ3) is 3.92. The van der Waals surface area contributed by atoms with E-state index in [1.807, 2.05) is 11.3 Å². The van der Waals surface area contributed by atoms with Crippen LogP contribution in [0, 0.1) is 0 Å². The molecule has 0 aliphatic rings. The second-order valence-electron chi connectivity index (χ2n) is 4.00. The molecule has 0 aliphatic carbocycles. The van der Waals surface area contributed by atoms with Crippen molar-refractivity contribution < 1.29 is 0 Å². The maximum Gasteiger partial charge on any atom is 0.0380 e. The van der Waals surface area contributed by atoms with E-state index in [2.05, 4.69) is 35.2 Å². The smallest absolute Gasteiger partial charge is 0.0380 e. The van der Waals surface area contributed by atoms with Crippen LogP contribution in [0.25, 0.3) is 0 Å². The monoisotopic (exact) mass is 288 g/mol. The molecule has 1 heterocycles. The summed E-state index contributed by atoms with van der Waals surface area (Å²) in [6, 6.07) is 0. The van der Waals surface area contributed by atoms with Crippen LogP contribution in [0.4, 0.5) is 0 Å². The Hall–Kier alpha value is 0.180. The highest BCUT2D eigenvalue weighted by Crippen LogP contribution is 2.27. The van der Waals surface area contributed by atoms with Crippen molar-refractivity contribution in [2.75, 3.05) is 0 Å². The second-order valence-corrected chi connectivity index (χ2v) is 5.53. The molecule has 0 radical (unpaired) electrons. The summed E-state index contributed by atoms with van der Waals surface area (Å²) in [6.45, 7) is 4.54. The molecule has 0 unspecified atom stereocenters. The Morgan fingerprint density at radius 3 is 2.40 bits per heavy atom. The molecular formula is C13H21BrS. The van der Waals surface area contributed by atoms with Gasteiger partial charge in [-0.2, -0.15) is 0 Å². The number of hydrogen-bond donors (Lipinski definition) is 0. The standard InChI is InChI=1S/C13H21BrS/c1-3-5-7-11-10-15-13(9-14)12(11)8-6-4-2/h10H,3-9H2,1-2H3. The molecule has 0 saturated carbocycles. The normalized spacial score (nSPS) is 10.9. The molecule has 1 aromatic heterocycles. The topological polar surface area (TPSA) is 0 Å². The lowest BCUT2D eigenvalue weighted by Gasteiger charge is -2.05. The summed E-state index contributed by atoms with van der Waals surface area (Å²) in [7, 11) is 0. The van der Waals surface area contributed by atoms with Gasteiger partial charge in [-0.15, -0.1) is 11.3 Å². The SMILES string of the molecule is CCCCc1csc(CBr)c1CCCC. The van der Waals surface area contributed by atoms with Gasteiger partial charge in [0.05, 0.1) is 0 Å². The molecule has 0 atom stereocenters. The number of unbranched alkanes of at least 4 members (excludes halogenated alkanes) is 2. The highest BCUT2D eigenvalue weighted by Gasteiger charge is 2.09. The van der Waals surface area contributed by atoms with E-state index in [1.165, 1.54) is 38.5 Å². The minimum Gasteiger partial charge on any atom is -0.147 e. The molecule has 86 valence electrons. The summed E-state index contributed by atoms with van der Waals surface area (Å²) in [5.41, 5.74) is 3.26.